The first-order chi connectivity index (χ1) is 29.0. The van der Waals surface area contributed by atoms with E-state index >= 15 is 0 Å². The maximum Gasteiger partial charge on any atom is 0.135 e. The molecule has 1 aliphatic rings. The van der Waals surface area contributed by atoms with Crippen LogP contribution in [-0.4, -0.2) is 0 Å². The second kappa shape index (κ2) is 15.2. The van der Waals surface area contributed by atoms with Crippen LogP contribution in [-0.2, 0) is 5.41 Å². The fraction of sp³-hybridized carbons (Fsp3) is 0.0526. The van der Waals surface area contributed by atoms with E-state index in [0.29, 0.717) is 0 Å². The topological polar surface area (TPSA) is 16.4 Å². The van der Waals surface area contributed by atoms with Crippen molar-refractivity contribution >= 4 is 75.5 Å². The van der Waals surface area contributed by atoms with Crippen LogP contribution in [0.25, 0.3) is 69.5 Å². The summed E-state index contributed by atoms with van der Waals surface area (Å²) in [6.45, 7) is 4.72. The summed E-state index contributed by atoms with van der Waals surface area (Å²) in [4.78, 5) is 2.38. The van der Waals surface area contributed by atoms with Crippen LogP contribution in [0.3, 0.4) is 0 Å². The number of hydrogen-bond acceptors (Lipinski definition) is 2. The summed E-state index contributed by atoms with van der Waals surface area (Å²) in [5.74, 6) is 0. The second-order valence-electron chi connectivity index (χ2n) is 15.9. The van der Waals surface area contributed by atoms with E-state index in [1.165, 1.54) is 38.9 Å². The van der Waals surface area contributed by atoms with Gasteiger partial charge in [-0.1, -0.05) is 184 Å². The van der Waals surface area contributed by atoms with Gasteiger partial charge in [-0.15, -0.1) is 0 Å². The molecular weight excluding hydrogens is 715 g/mol. The van der Waals surface area contributed by atoms with E-state index in [1.807, 2.05) is 18.2 Å². The van der Waals surface area contributed by atoms with Gasteiger partial charge in [-0.3, -0.25) is 0 Å². The lowest BCUT2D eigenvalue weighted by atomic mass is 9.81. The average Bonchev–Trinajstić information content (AvgIpc) is 3.76. The molecule has 0 bridgehead atoms. The van der Waals surface area contributed by atoms with Gasteiger partial charge in [-0.2, -0.15) is 0 Å². The Bertz CT molecular complexity index is 3040. The van der Waals surface area contributed by atoms with Gasteiger partial charge in [0.25, 0.3) is 0 Å². The number of hydrogen-bond donors (Lipinski definition) is 0. The van der Waals surface area contributed by atoms with E-state index in [2.05, 4.69) is 225 Å². The Morgan fingerprint density at radius 2 is 0.780 bits per heavy atom. The highest BCUT2D eigenvalue weighted by atomic mass is 16.3. The van der Waals surface area contributed by atoms with Crippen molar-refractivity contribution in [3.05, 3.63) is 233 Å². The number of rotatable bonds is 9. The van der Waals surface area contributed by atoms with Crippen molar-refractivity contribution in [3.8, 4) is 11.1 Å². The Morgan fingerprint density at radius 1 is 0.356 bits per heavy atom. The van der Waals surface area contributed by atoms with Crippen LogP contribution in [0, 0.1) is 0 Å². The molecule has 8 aromatic carbocycles. The first-order valence-electron chi connectivity index (χ1n) is 20.3. The number of furan rings is 1. The van der Waals surface area contributed by atoms with Gasteiger partial charge < -0.3 is 9.32 Å². The van der Waals surface area contributed by atoms with Crippen LogP contribution in [0.2, 0.25) is 0 Å². The first kappa shape index (κ1) is 36.0. The van der Waals surface area contributed by atoms with Gasteiger partial charge in [0, 0.05) is 33.2 Å². The zero-order valence-corrected chi connectivity index (χ0v) is 33.2. The number of para-hydroxylation sites is 1. The summed E-state index contributed by atoms with van der Waals surface area (Å²) in [6, 6.07) is 67.2. The summed E-state index contributed by atoms with van der Waals surface area (Å²) in [6.07, 6.45) is 13.1. The summed E-state index contributed by atoms with van der Waals surface area (Å²) in [7, 11) is 0. The van der Waals surface area contributed by atoms with Gasteiger partial charge in [0.2, 0.25) is 0 Å². The average molecular weight is 758 g/mol. The maximum absolute atomic E-state index is 6.06. The molecule has 0 fully saturated rings. The largest absolute Gasteiger partial charge is 0.456 e. The highest BCUT2D eigenvalue weighted by Gasteiger charge is 2.36. The molecule has 0 spiro atoms. The zero-order chi connectivity index (χ0) is 39.8. The van der Waals surface area contributed by atoms with Crippen LogP contribution < -0.4 is 4.90 Å². The minimum atomic E-state index is -0.171. The number of anilines is 3. The molecule has 2 heteroatoms. The maximum atomic E-state index is 6.06. The Kier molecular flexibility index (Phi) is 9.24. The third-order valence-corrected chi connectivity index (χ3v) is 11.6. The zero-order valence-electron chi connectivity index (χ0n) is 33.2. The molecule has 2 nitrogen and oxygen atoms in total. The SMILES string of the molecule is CC1(C)c2cc(C=Cc3ccccc3)ccc2-c2ccc(N(c3ccc(C=Cc4ccccc4)cc3)c3ccc(C=Cc4ccc5oc6ccccc6c5c4)cc3)cc21. The van der Waals surface area contributed by atoms with Crippen molar-refractivity contribution in [2.24, 2.45) is 0 Å². The van der Waals surface area contributed by atoms with Gasteiger partial charge in [0.05, 0.1) is 0 Å². The highest BCUT2D eigenvalue weighted by molar-refractivity contribution is 6.05. The minimum absolute atomic E-state index is 0.171. The van der Waals surface area contributed by atoms with Crippen LogP contribution in [0.1, 0.15) is 58.4 Å². The van der Waals surface area contributed by atoms with Gasteiger partial charge in [0.15, 0.2) is 0 Å². The molecule has 59 heavy (non-hydrogen) atoms. The molecule has 1 aromatic heterocycles. The second-order valence-corrected chi connectivity index (χ2v) is 15.9. The van der Waals surface area contributed by atoms with E-state index in [9.17, 15) is 0 Å². The summed E-state index contributed by atoms with van der Waals surface area (Å²) in [5.41, 5.74) is 17.3. The predicted molar refractivity (Wildman–Crippen MR) is 252 cm³/mol. The van der Waals surface area contributed by atoms with Crippen molar-refractivity contribution in [2.75, 3.05) is 4.90 Å². The van der Waals surface area contributed by atoms with E-state index in [0.717, 1.165) is 55.7 Å². The molecule has 0 aliphatic heterocycles. The van der Waals surface area contributed by atoms with Crippen LogP contribution in [0.15, 0.2) is 192 Å². The van der Waals surface area contributed by atoms with Crippen molar-refractivity contribution in [1.82, 2.24) is 0 Å². The molecule has 0 unspecified atom stereocenters. The van der Waals surface area contributed by atoms with Crippen LogP contribution in [0.4, 0.5) is 17.1 Å². The molecular formula is C57H43NO. The molecule has 0 atom stereocenters. The third kappa shape index (κ3) is 7.11. The molecule has 282 valence electrons. The lowest BCUT2D eigenvalue weighted by molar-refractivity contribution is 0.660. The Labute approximate surface area is 346 Å². The monoisotopic (exact) mass is 757 g/mol. The fourth-order valence-corrected chi connectivity index (χ4v) is 8.46. The summed E-state index contributed by atoms with van der Waals surface area (Å²) >= 11 is 0. The third-order valence-electron chi connectivity index (χ3n) is 11.6. The van der Waals surface area contributed by atoms with Gasteiger partial charge >= 0.3 is 0 Å². The van der Waals surface area contributed by atoms with Gasteiger partial charge in [-0.05, 0) is 110 Å². The predicted octanol–water partition coefficient (Wildman–Crippen LogP) is 15.9. The Morgan fingerprint density at radius 3 is 1.39 bits per heavy atom. The summed E-state index contributed by atoms with van der Waals surface area (Å²) < 4.78 is 6.06. The van der Waals surface area contributed by atoms with Crippen molar-refractivity contribution in [1.29, 1.82) is 0 Å². The molecule has 10 rings (SSSR count). The highest BCUT2D eigenvalue weighted by Crippen LogP contribution is 2.51. The lowest BCUT2D eigenvalue weighted by Crippen LogP contribution is -2.16. The van der Waals surface area contributed by atoms with Crippen LogP contribution >= 0.6 is 0 Å². The Hall–Kier alpha value is -7.42. The fourth-order valence-electron chi connectivity index (χ4n) is 8.46. The minimum Gasteiger partial charge on any atom is -0.456 e. The van der Waals surface area contributed by atoms with E-state index in [1.54, 1.807) is 0 Å². The molecule has 0 radical (unpaired) electrons. The molecule has 0 saturated heterocycles. The van der Waals surface area contributed by atoms with Crippen molar-refractivity contribution < 1.29 is 4.42 Å². The number of fused-ring (bicyclic) bond motifs is 6. The molecule has 1 aliphatic carbocycles. The molecule has 1 heterocycles. The van der Waals surface area contributed by atoms with Crippen molar-refractivity contribution in [2.45, 2.75) is 19.3 Å². The molecule has 9 aromatic rings. The first-order valence-corrected chi connectivity index (χ1v) is 20.3. The molecule has 0 N–H and O–H groups in total. The lowest BCUT2D eigenvalue weighted by Gasteiger charge is -2.28. The Balaban J connectivity index is 0.979. The van der Waals surface area contributed by atoms with E-state index < -0.39 is 0 Å². The summed E-state index contributed by atoms with van der Waals surface area (Å²) in [5, 5.41) is 2.28. The van der Waals surface area contributed by atoms with E-state index in [-0.39, 0.29) is 5.41 Å². The normalized spacial score (nSPS) is 13.2. The number of benzene rings is 8. The number of nitrogens with zero attached hydrogens (tertiary/aromatic N) is 1. The quantitative estimate of drug-likeness (QED) is 0.136. The van der Waals surface area contributed by atoms with Crippen LogP contribution in [0.5, 0.6) is 0 Å². The van der Waals surface area contributed by atoms with E-state index in [4.69, 9.17) is 4.42 Å². The van der Waals surface area contributed by atoms with Gasteiger partial charge in [-0.25, -0.2) is 0 Å². The standard InChI is InChI=1S/C57H43NO/c1-57(2)53-38-45(22-19-41-13-7-4-8-14-41)27-34-49(53)50-35-33-48(39-54(50)57)58(46-29-23-42(24-30-46)18-17-40-11-5-3-6-12-40)47-31-25-43(26-32-47)20-21-44-28-36-56-52(37-44)51-15-9-10-16-55(51)59-56/h3-39H,1-2H3. The van der Waals surface area contributed by atoms with Gasteiger partial charge in [0.1, 0.15) is 11.2 Å². The molecule has 0 amide bonds. The smallest absolute Gasteiger partial charge is 0.135 e. The van der Waals surface area contributed by atoms with Crippen molar-refractivity contribution in [3.63, 3.8) is 0 Å². The molecule has 0 saturated carbocycles.